The van der Waals surface area contributed by atoms with E-state index in [1.54, 1.807) is 11.3 Å². The zero-order valence-electron chi connectivity index (χ0n) is 16.0. The van der Waals surface area contributed by atoms with Crippen molar-refractivity contribution >= 4 is 23.4 Å². The molecule has 0 aromatic carbocycles. The summed E-state index contributed by atoms with van der Waals surface area (Å²) in [5, 5.41) is 10.7. The summed E-state index contributed by atoms with van der Waals surface area (Å²) in [5.41, 5.74) is 0. The Morgan fingerprint density at radius 2 is 2.19 bits per heavy atom. The maximum atomic E-state index is 11.7. The van der Waals surface area contributed by atoms with Crippen LogP contribution in [0.3, 0.4) is 0 Å². The lowest BCUT2D eigenvalue weighted by Crippen LogP contribution is -2.42. The number of aliphatic imine (C=N–C) groups is 1. The molecule has 3 N–H and O–H groups in total. The van der Waals surface area contributed by atoms with Gasteiger partial charge in [0.2, 0.25) is 0 Å². The van der Waals surface area contributed by atoms with Crippen molar-refractivity contribution in [3.63, 3.8) is 0 Å². The van der Waals surface area contributed by atoms with Gasteiger partial charge in [0, 0.05) is 30.6 Å². The standard InChI is InChI=1S/C18H31N5O2S/c1-4-14-11-21-16(26-14)9-10-20-17(19-5-2)22-12-15(13-7-8-13)23-18(24)25-6-3/h11,13,15H,4-10,12H2,1-3H3,(H,23,24)(H2,19,20,22). The molecule has 0 spiro atoms. The minimum absolute atomic E-state index is 0.0376. The van der Waals surface area contributed by atoms with Crippen LogP contribution in [-0.2, 0) is 17.6 Å². The first-order valence-corrected chi connectivity index (χ1v) is 10.4. The SMILES string of the molecule is CCNC(=NCC(NC(=O)OCC)C1CC1)NCCc1ncc(CC)s1. The minimum Gasteiger partial charge on any atom is -0.450 e. The Labute approximate surface area is 160 Å². The lowest BCUT2D eigenvalue weighted by Gasteiger charge is -2.17. The molecule has 0 aliphatic heterocycles. The Morgan fingerprint density at radius 3 is 2.81 bits per heavy atom. The quantitative estimate of drug-likeness (QED) is 0.428. The van der Waals surface area contributed by atoms with Crippen molar-refractivity contribution in [3.8, 4) is 0 Å². The molecule has 1 heterocycles. The molecule has 1 fully saturated rings. The summed E-state index contributed by atoms with van der Waals surface area (Å²) in [6, 6.07) is 0.0376. The number of nitrogens with one attached hydrogen (secondary N) is 3. The number of amides is 1. The van der Waals surface area contributed by atoms with Crippen LogP contribution in [0.25, 0.3) is 0 Å². The molecule has 1 saturated carbocycles. The number of nitrogens with zero attached hydrogens (tertiary/aromatic N) is 2. The number of carbonyl (C=O) groups excluding carboxylic acids is 1. The Hall–Kier alpha value is -1.83. The number of hydrogen-bond donors (Lipinski definition) is 3. The van der Waals surface area contributed by atoms with Gasteiger partial charge >= 0.3 is 6.09 Å². The van der Waals surface area contributed by atoms with Crippen LogP contribution >= 0.6 is 11.3 Å². The zero-order valence-corrected chi connectivity index (χ0v) is 16.8. The summed E-state index contributed by atoms with van der Waals surface area (Å²) >= 11 is 1.77. The summed E-state index contributed by atoms with van der Waals surface area (Å²) < 4.78 is 4.99. The minimum atomic E-state index is -0.354. The van der Waals surface area contributed by atoms with E-state index in [-0.39, 0.29) is 12.1 Å². The van der Waals surface area contributed by atoms with Crippen LogP contribution in [-0.4, -0.2) is 49.3 Å². The number of aryl methyl sites for hydroxylation is 1. The third kappa shape index (κ3) is 7.19. The molecule has 1 amide bonds. The topological polar surface area (TPSA) is 87.6 Å². The molecule has 1 unspecified atom stereocenters. The van der Waals surface area contributed by atoms with Crippen molar-refractivity contribution in [2.75, 3.05) is 26.2 Å². The summed E-state index contributed by atoms with van der Waals surface area (Å²) in [7, 11) is 0. The van der Waals surface area contributed by atoms with Crippen LogP contribution in [0, 0.1) is 5.92 Å². The molecule has 7 nitrogen and oxygen atoms in total. The lowest BCUT2D eigenvalue weighted by molar-refractivity contribution is 0.147. The average Bonchev–Trinajstić information content (AvgIpc) is 3.37. The second-order valence-electron chi connectivity index (χ2n) is 6.28. The molecule has 2 rings (SSSR count). The van der Waals surface area contributed by atoms with Gasteiger partial charge in [0.15, 0.2) is 5.96 Å². The molecule has 1 aliphatic carbocycles. The van der Waals surface area contributed by atoms with Gasteiger partial charge in [-0.15, -0.1) is 11.3 Å². The van der Waals surface area contributed by atoms with Crippen LogP contribution in [0.4, 0.5) is 4.79 Å². The third-order valence-electron chi connectivity index (χ3n) is 4.14. The smallest absolute Gasteiger partial charge is 0.407 e. The Kier molecular flexibility index (Phi) is 8.67. The van der Waals surface area contributed by atoms with E-state index in [2.05, 4.69) is 32.9 Å². The van der Waals surface area contributed by atoms with Crippen LogP contribution < -0.4 is 16.0 Å². The Bertz CT molecular complexity index is 586. The monoisotopic (exact) mass is 381 g/mol. The Balaban J connectivity index is 1.82. The van der Waals surface area contributed by atoms with Crippen molar-refractivity contribution in [3.05, 3.63) is 16.1 Å². The first-order valence-electron chi connectivity index (χ1n) is 9.55. The first kappa shape index (κ1) is 20.5. The second kappa shape index (κ2) is 11.0. The van der Waals surface area contributed by atoms with Gasteiger partial charge < -0.3 is 20.7 Å². The number of ether oxygens (including phenoxy) is 1. The predicted octanol–water partition coefficient (Wildman–Crippen LogP) is 2.33. The molecule has 1 aromatic rings. The average molecular weight is 382 g/mol. The maximum Gasteiger partial charge on any atom is 0.407 e. The molecule has 1 aliphatic rings. The van der Waals surface area contributed by atoms with Gasteiger partial charge in [-0.3, -0.25) is 4.99 Å². The van der Waals surface area contributed by atoms with Crippen molar-refractivity contribution in [1.82, 2.24) is 20.9 Å². The number of alkyl carbamates (subject to hydrolysis) is 1. The molecule has 0 radical (unpaired) electrons. The van der Waals surface area contributed by atoms with Crippen molar-refractivity contribution in [2.45, 2.75) is 52.5 Å². The highest BCUT2D eigenvalue weighted by Gasteiger charge is 2.32. The molecule has 0 bridgehead atoms. The van der Waals surface area contributed by atoms with Gasteiger partial charge in [0.05, 0.1) is 24.2 Å². The number of hydrogen-bond acceptors (Lipinski definition) is 5. The van der Waals surface area contributed by atoms with Gasteiger partial charge in [-0.1, -0.05) is 6.92 Å². The summed E-state index contributed by atoms with van der Waals surface area (Å²) in [6.45, 7) is 8.50. The third-order valence-corrected chi connectivity index (χ3v) is 5.34. The fourth-order valence-electron chi connectivity index (χ4n) is 2.58. The number of thiazole rings is 1. The second-order valence-corrected chi connectivity index (χ2v) is 7.48. The number of carbonyl (C=O) groups is 1. The first-order chi connectivity index (χ1) is 12.7. The van der Waals surface area contributed by atoms with E-state index in [1.807, 2.05) is 20.0 Å². The van der Waals surface area contributed by atoms with Crippen LogP contribution in [0.1, 0.15) is 43.5 Å². The molecule has 146 valence electrons. The number of rotatable bonds is 10. The van der Waals surface area contributed by atoms with Gasteiger partial charge in [-0.05, 0) is 39.0 Å². The van der Waals surface area contributed by atoms with Crippen LogP contribution in [0.15, 0.2) is 11.2 Å². The molecular formula is C18H31N5O2S. The summed E-state index contributed by atoms with van der Waals surface area (Å²) in [6.07, 6.45) is 5.79. The number of guanidine groups is 1. The highest BCUT2D eigenvalue weighted by atomic mass is 32.1. The van der Waals surface area contributed by atoms with E-state index in [9.17, 15) is 4.79 Å². The molecule has 1 atom stereocenters. The highest BCUT2D eigenvalue weighted by Crippen LogP contribution is 2.32. The van der Waals surface area contributed by atoms with Crippen molar-refractivity contribution in [2.24, 2.45) is 10.9 Å². The predicted molar refractivity (Wildman–Crippen MR) is 106 cm³/mol. The van der Waals surface area contributed by atoms with Gasteiger partial charge in [-0.2, -0.15) is 0 Å². The van der Waals surface area contributed by atoms with E-state index in [4.69, 9.17) is 4.74 Å². The number of aromatic nitrogens is 1. The molecule has 8 heteroatoms. The van der Waals surface area contributed by atoms with Crippen molar-refractivity contribution in [1.29, 1.82) is 0 Å². The Morgan fingerprint density at radius 1 is 1.38 bits per heavy atom. The molecule has 1 aromatic heterocycles. The van der Waals surface area contributed by atoms with Gasteiger partial charge in [-0.25, -0.2) is 9.78 Å². The molecule has 26 heavy (non-hydrogen) atoms. The molecular weight excluding hydrogens is 350 g/mol. The highest BCUT2D eigenvalue weighted by molar-refractivity contribution is 7.11. The van der Waals surface area contributed by atoms with E-state index < -0.39 is 0 Å². The maximum absolute atomic E-state index is 11.7. The van der Waals surface area contributed by atoms with E-state index in [0.29, 0.717) is 19.1 Å². The van der Waals surface area contributed by atoms with Crippen LogP contribution in [0.2, 0.25) is 0 Å². The largest absolute Gasteiger partial charge is 0.450 e. The summed E-state index contributed by atoms with van der Waals surface area (Å²) in [5.74, 6) is 1.28. The zero-order chi connectivity index (χ0) is 18.8. The van der Waals surface area contributed by atoms with Crippen LogP contribution in [0.5, 0.6) is 0 Å². The fraction of sp³-hybridized carbons (Fsp3) is 0.722. The van der Waals surface area contributed by atoms with Crippen molar-refractivity contribution < 1.29 is 9.53 Å². The normalized spacial score (nSPS) is 15.4. The van der Waals surface area contributed by atoms with E-state index in [0.717, 1.165) is 49.7 Å². The summed E-state index contributed by atoms with van der Waals surface area (Å²) in [4.78, 5) is 22.1. The van der Waals surface area contributed by atoms with Gasteiger partial charge in [0.25, 0.3) is 0 Å². The van der Waals surface area contributed by atoms with Gasteiger partial charge in [0.1, 0.15) is 0 Å². The van der Waals surface area contributed by atoms with E-state index in [1.165, 1.54) is 4.88 Å². The lowest BCUT2D eigenvalue weighted by atomic mass is 10.2. The van der Waals surface area contributed by atoms with E-state index >= 15 is 0 Å². The molecule has 0 saturated heterocycles. The fourth-order valence-corrected chi connectivity index (χ4v) is 3.44.